The zero-order chi connectivity index (χ0) is 19.6. The maximum atomic E-state index is 13.5. The van der Waals surface area contributed by atoms with Crippen molar-refractivity contribution in [2.75, 3.05) is 0 Å². The Bertz CT molecular complexity index is 669. The second kappa shape index (κ2) is 6.42. The number of fused-ring (bicyclic) bond motifs is 5. The molecule has 0 N–H and O–H groups in total. The number of ether oxygens (including phenoxy) is 1. The molecule has 0 unspecified atom stereocenters. The first kappa shape index (κ1) is 19.1. The highest BCUT2D eigenvalue weighted by Crippen LogP contribution is 2.66. The van der Waals surface area contributed by atoms with E-state index in [0.29, 0.717) is 30.0 Å². The van der Waals surface area contributed by atoms with Gasteiger partial charge in [-0.15, -0.1) is 0 Å². The van der Waals surface area contributed by atoms with Crippen LogP contribution in [0.1, 0.15) is 79.1 Å². The molecule has 0 amide bonds. The SMILES string of the molecule is CC(=O)O[C@@H]1CC[C@]2(C)[C@H](CC[C@@H]3[C@@H]4CC[C@H](C(C)=O)[C@]4(C)CC(=O)[C@@H]32)C1. The van der Waals surface area contributed by atoms with Crippen molar-refractivity contribution < 1.29 is 19.1 Å². The van der Waals surface area contributed by atoms with Crippen LogP contribution in [0.15, 0.2) is 0 Å². The summed E-state index contributed by atoms with van der Waals surface area (Å²) >= 11 is 0. The fourth-order valence-corrected chi connectivity index (χ4v) is 8.04. The van der Waals surface area contributed by atoms with E-state index in [4.69, 9.17) is 4.74 Å². The van der Waals surface area contributed by atoms with Crippen molar-refractivity contribution in [3.8, 4) is 0 Å². The summed E-state index contributed by atoms with van der Waals surface area (Å²) in [6.45, 7) is 7.75. The molecule has 4 saturated carbocycles. The van der Waals surface area contributed by atoms with Gasteiger partial charge in [0.2, 0.25) is 0 Å². The third-order valence-corrected chi connectivity index (χ3v) is 9.12. The third kappa shape index (κ3) is 2.81. The van der Waals surface area contributed by atoms with Crippen molar-refractivity contribution >= 4 is 17.5 Å². The first-order chi connectivity index (χ1) is 12.7. The fraction of sp³-hybridized carbons (Fsp3) is 0.870. The van der Waals surface area contributed by atoms with Gasteiger partial charge in [0.05, 0.1) is 0 Å². The van der Waals surface area contributed by atoms with Gasteiger partial charge in [-0.2, -0.15) is 0 Å². The second-order valence-corrected chi connectivity index (χ2v) is 10.4. The molecule has 27 heavy (non-hydrogen) atoms. The summed E-state index contributed by atoms with van der Waals surface area (Å²) in [6.07, 6.45) is 7.64. The molecule has 4 heteroatoms. The number of hydrogen-bond donors (Lipinski definition) is 0. The van der Waals surface area contributed by atoms with Crippen molar-refractivity contribution in [3.05, 3.63) is 0 Å². The first-order valence-corrected chi connectivity index (χ1v) is 10.9. The minimum absolute atomic E-state index is 0.0228. The Morgan fingerprint density at radius 2 is 1.74 bits per heavy atom. The second-order valence-electron chi connectivity index (χ2n) is 10.4. The Morgan fingerprint density at radius 1 is 1.00 bits per heavy atom. The quantitative estimate of drug-likeness (QED) is 0.675. The molecule has 150 valence electrons. The van der Waals surface area contributed by atoms with Gasteiger partial charge >= 0.3 is 5.97 Å². The Balaban J connectivity index is 1.60. The molecule has 0 radical (unpaired) electrons. The summed E-state index contributed by atoms with van der Waals surface area (Å²) in [7, 11) is 0. The Kier molecular flexibility index (Phi) is 4.55. The summed E-state index contributed by atoms with van der Waals surface area (Å²) in [6, 6.07) is 0. The van der Waals surface area contributed by atoms with E-state index < -0.39 is 0 Å². The summed E-state index contributed by atoms with van der Waals surface area (Å²) in [5.41, 5.74) is -0.0888. The Labute approximate surface area is 162 Å². The predicted octanol–water partition coefficient (Wildman–Crippen LogP) is 4.35. The first-order valence-electron chi connectivity index (χ1n) is 10.9. The summed E-state index contributed by atoms with van der Waals surface area (Å²) in [4.78, 5) is 37.1. The number of hydrogen-bond acceptors (Lipinski definition) is 4. The van der Waals surface area contributed by atoms with Crippen molar-refractivity contribution in [2.24, 2.45) is 40.4 Å². The standard InChI is InChI=1S/C23H34O4/c1-13(24)18-7-8-19-17-6-5-15-11-16(27-14(2)25)9-10-22(15,3)21(17)20(26)12-23(18,19)4/h15-19,21H,5-12H2,1-4H3/t15-,16-,17-,18-,19+,21-,22-,23+/m1/s1. The van der Waals surface area contributed by atoms with Crippen molar-refractivity contribution in [2.45, 2.75) is 85.2 Å². The highest BCUT2D eigenvalue weighted by Gasteiger charge is 2.63. The molecule has 4 aliphatic rings. The van der Waals surface area contributed by atoms with Gasteiger partial charge in [-0.05, 0) is 80.5 Å². The number of ketones is 2. The van der Waals surface area contributed by atoms with Crippen LogP contribution in [-0.2, 0) is 19.1 Å². The van der Waals surface area contributed by atoms with Crippen LogP contribution < -0.4 is 0 Å². The van der Waals surface area contributed by atoms with Gasteiger partial charge in [0.1, 0.15) is 17.7 Å². The summed E-state index contributed by atoms with van der Waals surface area (Å²) in [5, 5.41) is 0. The number of rotatable bonds is 2. The molecule has 4 nitrogen and oxygen atoms in total. The average molecular weight is 375 g/mol. The zero-order valence-electron chi connectivity index (χ0n) is 17.3. The van der Waals surface area contributed by atoms with Crippen LogP contribution in [0, 0.1) is 40.4 Å². The van der Waals surface area contributed by atoms with Crippen LogP contribution in [0.3, 0.4) is 0 Å². The van der Waals surface area contributed by atoms with Gasteiger partial charge in [0.25, 0.3) is 0 Å². The maximum Gasteiger partial charge on any atom is 0.302 e. The fourth-order valence-electron chi connectivity index (χ4n) is 8.04. The van der Waals surface area contributed by atoms with E-state index in [2.05, 4.69) is 13.8 Å². The van der Waals surface area contributed by atoms with Crippen LogP contribution in [0.5, 0.6) is 0 Å². The van der Waals surface area contributed by atoms with E-state index in [1.54, 1.807) is 6.92 Å². The van der Waals surface area contributed by atoms with E-state index in [1.165, 1.54) is 6.92 Å². The molecule has 0 spiro atoms. The maximum absolute atomic E-state index is 13.5. The molecule has 0 aromatic heterocycles. The minimum atomic E-state index is -0.192. The molecule has 0 aromatic carbocycles. The molecule has 0 heterocycles. The van der Waals surface area contributed by atoms with Crippen LogP contribution in [0.2, 0.25) is 0 Å². The largest absolute Gasteiger partial charge is 0.463 e. The molecular weight excluding hydrogens is 340 g/mol. The monoisotopic (exact) mass is 374 g/mol. The van der Waals surface area contributed by atoms with Crippen LogP contribution >= 0.6 is 0 Å². The third-order valence-electron chi connectivity index (χ3n) is 9.12. The number of esters is 1. The molecule has 0 aromatic rings. The van der Waals surface area contributed by atoms with Crippen molar-refractivity contribution in [1.29, 1.82) is 0 Å². The lowest BCUT2D eigenvalue weighted by molar-refractivity contribution is -0.169. The number of Topliss-reactive ketones (excluding diaryl/α,β-unsaturated/α-hetero) is 2. The van der Waals surface area contributed by atoms with Gasteiger partial charge in [-0.1, -0.05) is 13.8 Å². The number of carbonyl (C=O) groups is 3. The van der Waals surface area contributed by atoms with Gasteiger partial charge in [0, 0.05) is 25.2 Å². The van der Waals surface area contributed by atoms with Gasteiger partial charge in [0.15, 0.2) is 0 Å². The molecular formula is C23H34O4. The molecule has 0 bridgehead atoms. The van der Waals surface area contributed by atoms with Crippen molar-refractivity contribution in [3.63, 3.8) is 0 Å². The van der Waals surface area contributed by atoms with E-state index in [9.17, 15) is 14.4 Å². The molecule has 4 aliphatic carbocycles. The predicted molar refractivity (Wildman–Crippen MR) is 102 cm³/mol. The Hall–Kier alpha value is -1.19. The molecule has 8 atom stereocenters. The van der Waals surface area contributed by atoms with Gasteiger partial charge in [-0.3, -0.25) is 14.4 Å². The number of carbonyl (C=O) groups excluding carboxylic acids is 3. The topological polar surface area (TPSA) is 60.4 Å². The highest BCUT2D eigenvalue weighted by atomic mass is 16.5. The lowest BCUT2D eigenvalue weighted by atomic mass is 9.44. The molecule has 0 saturated heterocycles. The molecule has 0 aliphatic heterocycles. The lowest BCUT2D eigenvalue weighted by Crippen LogP contribution is -2.58. The van der Waals surface area contributed by atoms with Crippen LogP contribution in [0.4, 0.5) is 0 Å². The molecule has 4 rings (SSSR count). The summed E-state index contributed by atoms with van der Waals surface area (Å²) in [5.74, 6) is 2.11. The van der Waals surface area contributed by atoms with E-state index in [1.807, 2.05) is 0 Å². The van der Waals surface area contributed by atoms with Crippen molar-refractivity contribution in [1.82, 2.24) is 0 Å². The minimum Gasteiger partial charge on any atom is -0.463 e. The average Bonchev–Trinajstić information content (AvgIpc) is 2.91. The summed E-state index contributed by atoms with van der Waals surface area (Å²) < 4.78 is 5.51. The Morgan fingerprint density at radius 3 is 2.41 bits per heavy atom. The van der Waals surface area contributed by atoms with Gasteiger partial charge in [-0.25, -0.2) is 0 Å². The van der Waals surface area contributed by atoms with Crippen LogP contribution in [0.25, 0.3) is 0 Å². The zero-order valence-corrected chi connectivity index (χ0v) is 17.3. The van der Waals surface area contributed by atoms with E-state index in [-0.39, 0.29) is 40.5 Å². The smallest absolute Gasteiger partial charge is 0.302 e. The molecule has 4 fully saturated rings. The van der Waals surface area contributed by atoms with E-state index in [0.717, 1.165) is 44.9 Å². The lowest BCUT2D eigenvalue weighted by Gasteiger charge is -2.59. The van der Waals surface area contributed by atoms with Gasteiger partial charge < -0.3 is 4.74 Å². The van der Waals surface area contributed by atoms with E-state index >= 15 is 0 Å². The highest BCUT2D eigenvalue weighted by molar-refractivity contribution is 5.87. The normalized spacial score (nSPS) is 49.0. The van der Waals surface area contributed by atoms with Crippen LogP contribution in [-0.4, -0.2) is 23.6 Å².